The van der Waals surface area contributed by atoms with Gasteiger partial charge in [-0.3, -0.25) is 4.79 Å². The van der Waals surface area contributed by atoms with Crippen LogP contribution in [0.15, 0.2) is 28.7 Å². The molecule has 10 heteroatoms. The molecule has 43 heavy (non-hydrogen) atoms. The summed E-state index contributed by atoms with van der Waals surface area (Å²) in [7, 11) is 2.92. The molecule has 0 spiro atoms. The number of furan rings is 1. The highest BCUT2D eigenvalue weighted by Gasteiger charge is 2.36. The third-order valence-corrected chi connectivity index (χ3v) is 7.33. The topological polar surface area (TPSA) is 123 Å². The summed E-state index contributed by atoms with van der Waals surface area (Å²) < 4.78 is 23.1. The Morgan fingerprint density at radius 2 is 1.81 bits per heavy atom. The normalized spacial score (nSPS) is 14.7. The van der Waals surface area contributed by atoms with Gasteiger partial charge in [0.1, 0.15) is 5.76 Å². The number of nitriles is 1. The summed E-state index contributed by atoms with van der Waals surface area (Å²) in [6.45, 7) is 15.6. The molecule has 1 atom stereocenters. The van der Waals surface area contributed by atoms with Gasteiger partial charge in [-0.1, -0.05) is 39.3 Å². The van der Waals surface area contributed by atoms with Crippen LogP contribution in [-0.4, -0.2) is 43.2 Å². The highest BCUT2D eigenvalue weighted by Crippen LogP contribution is 2.44. The van der Waals surface area contributed by atoms with Gasteiger partial charge in [-0.05, 0) is 68.5 Å². The molecule has 10 nitrogen and oxygen atoms in total. The van der Waals surface area contributed by atoms with E-state index in [-0.39, 0.29) is 34.9 Å². The number of nitrogens with one attached hydrogen (secondary N) is 1. The van der Waals surface area contributed by atoms with Crippen molar-refractivity contribution in [3.63, 3.8) is 0 Å². The molecule has 0 bridgehead atoms. The molecule has 1 unspecified atom stereocenters. The Kier molecular flexibility index (Phi) is 11.6. The van der Waals surface area contributed by atoms with Crippen molar-refractivity contribution in [1.29, 1.82) is 5.26 Å². The first-order valence-corrected chi connectivity index (χ1v) is 15.0. The van der Waals surface area contributed by atoms with Gasteiger partial charge >= 0.3 is 0 Å². The zero-order chi connectivity index (χ0) is 31.7. The Bertz CT molecular complexity index is 1420. The van der Waals surface area contributed by atoms with E-state index in [2.05, 4.69) is 68.1 Å². The summed E-state index contributed by atoms with van der Waals surface area (Å²) in [6.07, 6.45) is 2.77. The van der Waals surface area contributed by atoms with Gasteiger partial charge in [0.15, 0.2) is 11.4 Å². The van der Waals surface area contributed by atoms with Gasteiger partial charge in [0.25, 0.3) is 5.91 Å². The summed E-state index contributed by atoms with van der Waals surface area (Å²) in [4.78, 5) is 24.2. The molecule has 4 rings (SSSR count). The molecule has 0 saturated heterocycles. The van der Waals surface area contributed by atoms with E-state index in [0.29, 0.717) is 37.6 Å². The molecule has 1 N–H and O–H groups in total. The average Bonchev–Trinajstić information content (AvgIpc) is 3.55. The second-order valence-electron chi connectivity index (χ2n) is 10.7. The van der Waals surface area contributed by atoms with Crippen LogP contribution in [0.25, 0.3) is 0 Å². The lowest BCUT2D eigenvalue weighted by atomic mass is 9.89. The number of aromatic nitrogens is 2. The van der Waals surface area contributed by atoms with Gasteiger partial charge in [0.2, 0.25) is 17.7 Å². The van der Waals surface area contributed by atoms with Crippen molar-refractivity contribution >= 4 is 17.5 Å². The van der Waals surface area contributed by atoms with Crippen LogP contribution in [0.2, 0.25) is 0 Å². The third-order valence-electron chi connectivity index (χ3n) is 7.33. The van der Waals surface area contributed by atoms with E-state index < -0.39 is 5.91 Å². The van der Waals surface area contributed by atoms with E-state index in [4.69, 9.17) is 23.9 Å². The second kappa shape index (κ2) is 14.9. The SMILES string of the molecule is CC.CCCCN(CCC#N)c1nc(OC)c(NC(=O)c2ccc(Cc3cc4c(cc3C)C(C)(C)OC4C)o2)c(OC)n1. The molecule has 3 heterocycles. The Morgan fingerprint density at radius 1 is 1.14 bits per heavy atom. The number of amides is 1. The third kappa shape index (κ3) is 7.65. The molecule has 0 radical (unpaired) electrons. The molecule has 232 valence electrons. The first kappa shape index (κ1) is 33.4. The van der Waals surface area contributed by atoms with Crippen molar-refractivity contribution < 1.29 is 23.4 Å². The number of hydrogen-bond acceptors (Lipinski definition) is 9. The molecular weight excluding hydrogens is 546 g/mol. The van der Waals surface area contributed by atoms with Crippen LogP contribution in [0.1, 0.15) is 105 Å². The zero-order valence-corrected chi connectivity index (χ0v) is 27.0. The molecule has 2 aromatic heterocycles. The Hall–Kier alpha value is -4.10. The van der Waals surface area contributed by atoms with Gasteiger partial charge in [-0.2, -0.15) is 15.2 Å². The fraction of sp³-hybridized carbons (Fsp3) is 0.515. The number of anilines is 2. The van der Waals surface area contributed by atoms with E-state index >= 15 is 0 Å². The van der Waals surface area contributed by atoms with Crippen LogP contribution >= 0.6 is 0 Å². The minimum Gasteiger partial charge on any atom is -0.479 e. The van der Waals surface area contributed by atoms with Gasteiger partial charge in [0.05, 0.1) is 38.4 Å². The number of nitrogens with zero attached hydrogens (tertiary/aromatic N) is 4. The maximum absolute atomic E-state index is 13.2. The second-order valence-corrected chi connectivity index (χ2v) is 10.7. The van der Waals surface area contributed by atoms with Crippen molar-refractivity contribution in [3.05, 3.63) is 58.0 Å². The molecule has 1 amide bonds. The lowest BCUT2D eigenvalue weighted by Crippen LogP contribution is -2.28. The number of ether oxygens (including phenoxy) is 3. The Morgan fingerprint density at radius 3 is 2.42 bits per heavy atom. The Labute approximate surface area is 255 Å². The van der Waals surface area contributed by atoms with E-state index in [1.807, 2.05) is 18.7 Å². The predicted octanol–water partition coefficient (Wildman–Crippen LogP) is 7.11. The number of fused-ring (bicyclic) bond motifs is 1. The van der Waals surface area contributed by atoms with E-state index in [1.165, 1.54) is 25.3 Å². The van der Waals surface area contributed by atoms with Crippen molar-refractivity contribution in [1.82, 2.24) is 9.97 Å². The van der Waals surface area contributed by atoms with Crippen LogP contribution < -0.4 is 19.7 Å². The van der Waals surface area contributed by atoms with Crippen LogP contribution in [0.4, 0.5) is 11.6 Å². The number of aryl methyl sites for hydroxylation is 1. The standard InChI is InChI=1S/C31H39N5O5.C2H6/c1-8-9-14-36(15-10-13-32)30-34-28(38-6)26(29(35-30)39-7)33-27(37)25-12-11-22(40-25)17-21-18-23-20(3)41-31(4,5)24(23)16-19(21)2;1-2/h11-12,16,18,20H,8-10,14-15,17H2,1-7H3,(H,33,37);1-2H3. The summed E-state index contributed by atoms with van der Waals surface area (Å²) in [5.74, 6) is 0.999. The molecule has 1 aromatic carbocycles. The number of carbonyl (C=O) groups is 1. The smallest absolute Gasteiger partial charge is 0.291 e. The van der Waals surface area contributed by atoms with Crippen molar-refractivity contribution in [2.75, 3.05) is 37.5 Å². The molecule has 0 fully saturated rings. The molecule has 3 aromatic rings. The van der Waals surface area contributed by atoms with Crippen LogP contribution in [0.3, 0.4) is 0 Å². The van der Waals surface area contributed by atoms with Crippen LogP contribution in [-0.2, 0) is 16.8 Å². The summed E-state index contributed by atoms with van der Waals surface area (Å²) in [6, 6.07) is 9.98. The van der Waals surface area contributed by atoms with Crippen molar-refractivity contribution in [3.8, 4) is 17.8 Å². The fourth-order valence-corrected chi connectivity index (χ4v) is 5.15. The number of rotatable bonds is 12. The predicted molar refractivity (Wildman–Crippen MR) is 167 cm³/mol. The molecule has 1 aliphatic heterocycles. The van der Waals surface area contributed by atoms with Gasteiger partial charge in [0, 0.05) is 19.5 Å². The molecule has 1 aliphatic rings. The first-order chi connectivity index (χ1) is 20.6. The summed E-state index contributed by atoms with van der Waals surface area (Å²) in [5.41, 5.74) is 4.54. The van der Waals surface area contributed by atoms with Gasteiger partial charge in [-0.25, -0.2) is 0 Å². The van der Waals surface area contributed by atoms with Crippen molar-refractivity contribution in [2.24, 2.45) is 0 Å². The monoisotopic (exact) mass is 591 g/mol. The van der Waals surface area contributed by atoms with E-state index in [0.717, 1.165) is 24.0 Å². The minimum absolute atomic E-state index is 0.0147. The number of unbranched alkanes of at least 4 members (excludes halogenated alkanes) is 1. The molecular formula is C33H45N5O5. The first-order valence-electron chi connectivity index (χ1n) is 15.0. The maximum Gasteiger partial charge on any atom is 0.291 e. The number of benzene rings is 1. The minimum atomic E-state index is -0.481. The van der Waals surface area contributed by atoms with Gasteiger partial charge < -0.3 is 28.8 Å². The molecule has 0 aliphatic carbocycles. The highest BCUT2D eigenvalue weighted by molar-refractivity contribution is 6.03. The summed E-state index contributed by atoms with van der Waals surface area (Å²) in [5, 5.41) is 11.9. The Balaban J connectivity index is 0.00000248. The number of carbonyl (C=O) groups excluding carboxylic acids is 1. The highest BCUT2D eigenvalue weighted by atomic mass is 16.5. The van der Waals surface area contributed by atoms with Crippen LogP contribution in [0.5, 0.6) is 11.8 Å². The van der Waals surface area contributed by atoms with E-state index in [9.17, 15) is 4.79 Å². The maximum atomic E-state index is 13.2. The average molecular weight is 592 g/mol. The number of hydrogen-bond donors (Lipinski definition) is 1. The zero-order valence-electron chi connectivity index (χ0n) is 27.0. The van der Waals surface area contributed by atoms with Crippen molar-refractivity contribution in [2.45, 2.75) is 85.9 Å². The van der Waals surface area contributed by atoms with Gasteiger partial charge in [-0.15, -0.1) is 0 Å². The van der Waals surface area contributed by atoms with E-state index in [1.54, 1.807) is 12.1 Å². The van der Waals surface area contributed by atoms with Crippen LogP contribution in [0, 0.1) is 18.3 Å². The fourth-order valence-electron chi connectivity index (χ4n) is 5.15. The summed E-state index contributed by atoms with van der Waals surface area (Å²) >= 11 is 0. The quantitative estimate of drug-likeness (QED) is 0.235. The lowest BCUT2D eigenvalue weighted by Gasteiger charge is -2.23. The largest absolute Gasteiger partial charge is 0.479 e. The lowest BCUT2D eigenvalue weighted by molar-refractivity contribution is -0.0435. The number of methoxy groups -OCH3 is 2. The molecule has 0 saturated carbocycles.